The van der Waals surface area contributed by atoms with Gasteiger partial charge in [-0.15, -0.1) is 0 Å². The Kier molecular flexibility index (Phi) is 6.15. The van der Waals surface area contributed by atoms with E-state index in [0.717, 1.165) is 0 Å². The summed E-state index contributed by atoms with van der Waals surface area (Å²) in [6.07, 6.45) is 1.76. The molecule has 31 heavy (non-hydrogen) atoms. The first-order valence-electron chi connectivity index (χ1n) is 10.0. The summed E-state index contributed by atoms with van der Waals surface area (Å²) in [4.78, 5) is 32.6. The molecule has 0 aliphatic heterocycles. The zero-order valence-corrected chi connectivity index (χ0v) is 18.0. The molecule has 0 spiro atoms. The predicted molar refractivity (Wildman–Crippen MR) is 113 cm³/mol. The lowest BCUT2D eigenvalue weighted by Gasteiger charge is -2.42. The van der Waals surface area contributed by atoms with Crippen LogP contribution >= 0.6 is 0 Å². The zero-order valence-electron chi connectivity index (χ0n) is 18.0. The number of nitrogens with zero attached hydrogens (tertiary/aromatic N) is 2. The highest BCUT2D eigenvalue weighted by atomic mass is 19.1. The molecule has 1 heterocycles. The average molecular weight is 430 g/mol. The lowest BCUT2D eigenvalue weighted by molar-refractivity contribution is -0.120. The number of carboxylic acid groups (broad SMARTS) is 1. The zero-order chi connectivity index (χ0) is 22.8. The number of rotatable bonds is 5. The van der Waals surface area contributed by atoms with Gasteiger partial charge in [-0.2, -0.15) is 0 Å². The smallest absolute Gasteiger partial charge is 0.405 e. The molecule has 1 fully saturated rings. The summed E-state index contributed by atoms with van der Waals surface area (Å²) in [5, 5.41) is 14.8. The first-order valence-corrected chi connectivity index (χ1v) is 10.0. The van der Waals surface area contributed by atoms with Crippen molar-refractivity contribution in [1.29, 1.82) is 0 Å². The molecule has 1 saturated carbocycles. The van der Waals surface area contributed by atoms with Gasteiger partial charge in [-0.3, -0.25) is 4.79 Å². The first kappa shape index (κ1) is 22.5. The number of benzene rings is 1. The fourth-order valence-corrected chi connectivity index (χ4v) is 4.13. The molecule has 1 aromatic heterocycles. The number of anilines is 1. The Morgan fingerprint density at radius 1 is 1.26 bits per heavy atom. The molecule has 2 aromatic rings. The Bertz CT molecular complexity index is 992. The van der Waals surface area contributed by atoms with Crippen LogP contribution in [0.5, 0.6) is 5.75 Å². The van der Waals surface area contributed by atoms with E-state index in [9.17, 15) is 19.1 Å². The van der Waals surface area contributed by atoms with Crippen molar-refractivity contribution in [1.82, 2.24) is 15.3 Å². The van der Waals surface area contributed by atoms with Crippen LogP contribution in [0.1, 0.15) is 40.0 Å². The molecule has 0 saturated heterocycles. The van der Waals surface area contributed by atoms with Gasteiger partial charge in [-0.25, -0.2) is 19.2 Å². The number of aromatic nitrogens is 2. The van der Waals surface area contributed by atoms with Gasteiger partial charge in [0.05, 0.1) is 12.8 Å². The van der Waals surface area contributed by atoms with Crippen molar-refractivity contribution < 1.29 is 23.8 Å². The second kappa shape index (κ2) is 8.49. The van der Waals surface area contributed by atoms with Crippen LogP contribution in [0.3, 0.4) is 0 Å². The molecule has 2 atom stereocenters. The predicted octanol–water partition coefficient (Wildman–Crippen LogP) is 4.08. The van der Waals surface area contributed by atoms with Gasteiger partial charge in [0.25, 0.3) is 0 Å². The third kappa shape index (κ3) is 4.76. The Morgan fingerprint density at radius 3 is 2.65 bits per heavy atom. The molecule has 3 rings (SSSR count). The third-order valence-corrected chi connectivity index (χ3v) is 6.02. The van der Waals surface area contributed by atoms with Crippen molar-refractivity contribution in [2.45, 2.75) is 45.6 Å². The Hall–Kier alpha value is -3.23. The van der Waals surface area contributed by atoms with Gasteiger partial charge in [-0.05, 0) is 36.8 Å². The van der Waals surface area contributed by atoms with Crippen molar-refractivity contribution in [3.05, 3.63) is 36.4 Å². The second-order valence-electron chi connectivity index (χ2n) is 8.82. The van der Waals surface area contributed by atoms with E-state index in [0.29, 0.717) is 42.1 Å². The molecule has 1 unspecified atom stereocenters. The van der Waals surface area contributed by atoms with Gasteiger partial charge in [0.15, 0.2) is 0 Å². The SMILES string of the molecule is COc1cc(F)ccc1-c1cc(NC(=O)[C@H]2CCC(NC(=O)O)(C(C)(C)C)C2)ncn1. The number of hydrogen-bond donors (Lipinski definition) is 3. The molecule has 1 aliphatic carbocycles. The highest BCUT2D eigenvalue weighted by Crippen LogP contribution is 2.46. The second-order valence-corrected chi connectivity index (χ2v) is 8.82. The van der Waals surface area contributed by atoms with E-state index >= 15 is 0 Å². The van der Waals surface area contributed by atoms with Gasteiger partial charge in [0.1, 0.15) is 23.7 Å². The summed E-state index contributed by atoms with van der Waals surface area (Å²) in [7, 11) is 1.44. The fraction of sp³-hybridized carbons (Fsp3) is 0.455. The van der Waals surface area contributed by atoms with Gasteiger partial charge in [0.2, 0.25) is 5.91 Å². The number of methoxy groups -OCH3 is 1. The van der Waals surface area contributed by atoms with E-state index in [4.69, 9.17) is 4.74 Å². The van der Waals surface area contributed by atoms with Crippen LogP contribution in [0.25, 0.3) is 11.3 Å². The van der Waals surface area contributed by atoms with Crippen molar-refractivity contribution in [3.63, 3.8) is 0 Å². The maximum absolute atomic E-state index is 13.5. The van der Waals surface area contributed by atoms with Crippen LogP contribution in [0.2, 0.25) is 0 Å². The van der Waals surface area contributed by atoms with Crippen molar-refractivity contribution in [2.75, 3.05) is 12.4 Å². The summed E-state index contributed by atoms with van der Waals surface area (Å²) < 4.78 is 18.7. The van der Waals surface area contributed by atoms with E-state index in [1.807, 2.05) is 20.8 Å². The monoisotopic (exact) mass is 430 g/mol. The molecule has 8 nitrogen and oxygen atoms in total. The number of halogens is 1. The largest absolute Gasteiger partial charge is 0.496 e. The standard InChI is InChI=1S/C22H27FN4O4/c1-21(2,3)22(27-20(29)30)8-7-13(11-22)19(28)26-18-10-16(24-12-25-18)15-6-5-14(23)9-17(15)31-4/h5-6,9-10,12-13,27H,7-8,11H2,1-4H3,(H,29,30)(H,24,25,26,28)/t13-,22?/m0/s1. The molecule has 9 heteroatoms. The number of amides is 2. The first-order chi connectivity index (χ1) is 14.5. The minimum atomic E-state index is -1.09. The summed E-state index contributed by atoms with van der Waals surface area (Å²) in [5.41, 5.74) is 0.0195. The Morgan fingerprint density at radius 2 is 2.00 bits per heavy atom. The van der Waals surface area contributed by atoms with Crippen LogP contribution < -0.4 is 15.4 Å². The molecule has 2 amide bonds. The van der Waals surface area contributed by atoms with E-state index < -0.39 is 17.4 Å². The normalized spacial score (nSPS) is 20.9. The number of ether oxygens (including phenoxy) is 1. The third-order valence-electron chi connectivity index (χ3n) is 6.02. The van der Waals surface area contributed by atoms with Crippen molar-refractivity contribution in [2.24, 2.45) is 11.3 Å². The topological polar surface area (TPSA) is 113 Å². The van der Waals surface area contributed by atoms with E-state index in [1.165, 1.54) is 25.6 Å². The molecule has 1 aliphatic rings. The number of carbonyl (C=O) groups is 2. The molecule has 3 N–H and O–H groups in total. The van der Waals surface area contributed by atoms with Crippen LogP contribution in [-0.2, 0) is 4.79 Å². The van der Waals surface area contributed by atoms with Gasteiger partial charge >= 0.3 is 6.09 Å². The minimum Gasteiger partial charge on any atom is -0.496 e. The summed E-state index contributed by atoms with van der Waals surface area (Å²) in [5.74, 6) is -0.386. The van der Waals surface area contributed by atoms with Crippen LogP contribution in [0.4, 0.5) is 15.0 Å². The van der Waals surface area contributed by atoms with Crippen molar-refractivity contribution in [3.8, 4) is 17.0 Å². The van der Waals surface area contributed by atoms with E-state index in [1.54, 1.807) is 12.1 Å². The van der Waals surface area contributed by atoms with Gasteiger partial charge in [0, 0.05) is 29.2 Å². The quantitative estimate of drug-likeness (QED) is 0.659. The van der Waals surface area contributed by atoms with Crippen LogP contribution in [-0.4, -0.2) is 39.7 Å². The van der Waals surface area contributed by atoms with Crippen LogP contribution in [0, 0.1) is 17.2 Å². The maximum Gasteiger partial charge on any atom is 0.405 e. The van der Waals surface area contributed by atoms with E-state index in [2.05, 4.69) is 20.6 Å². The lowest BCUT2D eigenvalue weighted by atomic mass is 9.72. The molecular formula is C22H27FN4O4. The highest BCUT2D eigenvalue weighted by Gasteiger charge is 2.50. The molecule has 0 bridgehead atoms. The van der Waals surface area contributed by atoms with Crippen LogP contribution in [0.15, 0.2) is 30.6 Å². The Balaban J connectivity index is 1.78. The molecule has 1 aromatic carbocycles. The summed E-state index contributed by atoms with van der Waals surface area (Å²) >= 11 is 0. The van der Waals surface area contributed by atoms with Gasteiger partial charge < -0.3 is 20.5 Å². The summed E-state index contributed by atoms with van der Waals surface area (Å²) in [6.45, 7) is 5.90. The minimum absolute atomic E-state index is 0.228. The van der Waals surface area contributed by atoms with E-state index in [-0.39, 0.29) is 17.2 Å². The Labute approximate surface area is 180 Å². The number of carbonyl (C=O) groups excluding carboxylic acids is 1. The summed E-state index contributed by atoms with van der Waals surface area (Å²) in [6, 6.07) is 5.71. The average Bonchev–Trinajstić information content (AvgIpc) is 3.13. The van der Waals surface area contributed by atoms with Crippen molar-refractivity contribution >= 4 is 17.8 Å². The molecule has 0 radical (unpaired) electrons. The fourth-order valence-electron chi connectivity index (χ4n) is 4.13. The highest BCUT2D eigenvalue weighted by molar-refractivity contribution is 5.92. The van der Waals surface area contributed by atoms with Gasteiger partial charge in [-0.1, -0.05) is 20.8 Å². The lowest BCUT2D eigenvalue weighted by Crippen LogP contribution is -2.55. The molecular weight excluding hydrogens is 403 g/mol. The maximum atomic E-state index is 13.5. The number of nitrogens with one attached hydrogen (secondary N) is 2. The molecule has 166 valence electrons. The number of hydrogen-bond acceptors (Lipinski definition) is 5.